The Morgan fingerprint density at radius 3 is 2.39 bits per heavy atom. The molecule has 98 valence electrons. The Bertz CT molecular complexity index is 447. The molecule has 2 unspecified atom stereocenters. The van der Waals surface area contributed by atoms with Gasteiger partial charge in [-0.2, -0.15) is 0 Å². The van der Waals surface area contributed by atoms with Crippen LogP contribution >= 0.6 is 0 Å². The Balaban J connectivity index is 2.68. The van der Waals surface area contributed by atoms with Gasteiger partial charge in [0.15, 0.2) is 0 Å². The lowest BCUT2D eigenvalue weighted by Gasteiger charge is -2.11. The Labute approximate surface area is 107 Å². The molecular formula is C12H15NO4S. The first-order valence-corrected chi connectivity index (χ1v) is 6.81. The molecule has 6 heteroatoms. The molecule has 0 heterocycles. The molecule has 1 rings (SSSR count). The summed E-state index contributed by atoms with van der Waals surface area (Å²) in [6, 6.07) is 8.97. The maximum Gasteiger partial charge on any atom is 0.319 e. The van der Waals surface area contributed by atoms with E-state index in [0.717, 1.165) is 5.56 Å². The number of carboxylic acids is 1. The summed E-state index contributed by atoms with van der Waals surface area (Å²) in [5, 5.41) is 8.05. The normalized spacial score (nSPS) is 13.8. The molecule has 3 N–H and O–H groups in total. The van der Waals surface area contributed by atoms with Crippen molar-refractivity contribution in [3.8, 4) is 0 Å². The van der Waals surface area contributed by atoms with Crippen LogP contribution in [0.1, 0.15) is 12.0 Å². The Hall–Kier alpha value is -1.69. The van der Waals surface area contributed by atoms with Gasteiger partial charge < -0.3 is 10.8 Å². The zero-order chi connectivity index (χ0) is 13.5. The van der Waals surface area contributed by atoms with E-state index in [9.17, 15) is 13.8 Å². The number of nitrogens with two attached hydrogens (primary N) is 1. The summed E-state index contributed by atoms with van der Waals surface area (Å²) in [6.45, 7) is 0. The second kappa shape index (κ2) is 6.90. The number of carbonyl (C=O) groups is 2. The SMILES string of the molecule is NC(=O)CCS(=O)C(Cc1ccccc1)C(=O)O. The summed E-state index contributed by atoms with van der Waals surface area (Å²) in [6.07, 6.45) is 0.118. The van der Waals surface area contributed by atoms with Crippen LogP contribution < -0.4 is 5.73 Å². The van der Waals surface area contributed by atoms with Gasteiger partial charge in [-0.1, -0.05) is 30.3 Å². The van der Waals surface area contributed by atoms with Crippen LogP contribution in [0.5, 0.6) is 0 Å². The number of aliphatic carboxylic acids is 1. The highest BCUT2D eigenvalue weighted by atomic mass is 32.2. The second-order valence-electron chi connectivity index (χ2n) is 3.82. The minimum atomic E-state index is -1.61. The van der Waals surface area contributed by atoms with Gasteiger partial charge in [0.2, 0.25) is 5.91 Å². The van der Waals surface area contributed by atoms with Crippen molar-refractivity contribution in [1.82, 2.24) is 0 Å². The summed E-state index contributed by atoms with van der Waals surface area (Å²) in [4.78, 5) is 21.7. The first-order chi connectivity index (χ1) is 8.50. The molecule has 0 saturated carbocycles. The van der Waals surface area contributed by atoms with Crippen molar-refractivity contribution in [2.45, 2.75) is 18.1 Å². The maximum absolute atomic E-state index is 11.8. The number of hydrogen-bond acceptors (Lipinski definition) is 3. The minimum Gasteiger partial charge on any atom is -0.480 e. The smallest absolute Gasteiger partial charge is 0.319 e. The fraction of sp³-hybridized carbons (Fsp3) is 0.333. The molecule has 18 heavy (non-hydrogen) atoms. The van der Waals surface area contributed by atoms with E-state index in [0.29, 0.717) is 0 Å². The van der Waals surface area contributed by atoms with E-state index >= 15 is 0 Å². The second-order valence-corrected chi connectivity index (χ2v) is 5.56. The quantitative estimate of drug-likeness (QED) is 0.744. The number of rotatable bonds is 7. The van der Waals surface area contributed by atoms with Crippen LogP contribution in [-0.4, -0.2) is 32.2 Å². The standard InChI is InChI=1S/C12H15NO4S/c13-11(14)6-7-18(17)10(12(15)16)8-9-4-2-1-3-5-9/h1-5,10H,6-8H2,(H2,13,14)(H,15,16). The molecule has 0 bridgehead atoms. The van der Waals surface area contributed by atoms with Crippen molar-refractivity contribution in [1.29, 1.82) is 0 Å². The highest BCUT2D eigenvalue weighted by molar-refractivity contribution is 7.86. The molecule has 0 aromatic heterocycles. The molecule has 0 spiro atoms. The van der Waals surface area contributed by atoms with Gasteiger partial charge in [0.25, 0.3) is 0 Å². The molecule has 1 aromatic carbocycles. The van der Waals surface area contributed by atoms with E-state index in [1.165, 1.54) is 0 Å². The van der Waals surface area contributed by atoms with Gasteiger partial charge in [-0.25, -0.2) is 0 Å². The van der Waals surface area contributed by atoms with Crippen LogP contribution in [0.25, 0.3) is 0 Å². The minimum absolute atomic E-state index is 0.0147. The largest absolute Gasteiger partial charge is 0.480 e. The van der Waals surface area contributed by atoms with Crippen molar-refractivity contribution < 1.29 is 18.9 Å². The van der Waals surface area contributed by atoms with Crippen LogP contribution in [-0.2, 0) is 26.8 Å². The summed E-state index contributed by atoms with van der Waals surface area (Å²) >= 11 is 0. The van der Waals surface area contributed by atoms with Crippen molar-refractivity contribution >= 4 is 22.7 Å². The van der Waals surface area contributed by atoms with Gasteiger partial charge in [-0.05, 0) is 12.0 Å². The molecule has 0 saturated heterocycles. The van der Waals surface area contributed by atoms with Crippen LogP contribution in [0.3, 0.4) is 0 Å². The van der Waals surface area contributed by atoms with Crippen LogP contribution in [0.15, 0.2) is 30.3 Å². The fourth-order valence-electron chi connectivity index (χ4n) is 1.46. The zero-order valence-electron chi connectivity index (χ0n) is 9.74. The monoisotopic (exact) mass is 269 g/mol. The molecule has 0 radical (unpaired) electrons. The van der Waals surface area contributed by atoms with E-state index in [-0.39, 0.29) is 18.6 Å². The summed E-state index contributed by atoms with van der Waals surface area (Å²) in [7, 11) is -1.61. The third kappa shape index (κ3) is 4.67. The topological polar surface area (TPSA) is 97.5 Å². The predicted molar refractivity (Wildman–Crippen MR) is 68.4 cm³/mol. The summed E-state index contributed by atoms with van der Waals surface area (Å²) in [5.41, 5.74) is 5.75. The number of primary amides is 1. The third-order valence-corrected chi connectivity index (χ3v) is 4.02. The van der Waals surface area contributed by atoms with Crippen LogP contribution in [0.4, 0.5) is 0 Å². The molecule has 1 aromatic rings. The summed E-state index contributed by atoms with van der Waals surface area (Å²) < 4.78 is 11.8. The average Bonchev–Trinajstić information content (AvgIpc) is 2.34. The predicted octanol–water partition coefficient (Wildman–Crippen LogP) is 0.306. The van der Waals surface area contributed by atoms with E-state index in [4.69, 9.17) is 10.8 Å². The van der Waals surface area contributed by atoms with Crippen LogP contribution in [0.2, 0.25) is 0 Å². The number of hydrogen-bond donors (Lipinski definition) is 2. The van der Waals surface area contributed by atoms with Gasteiger partial charge in [0.05, 0.1) is 0 Å². The average molecular weight is 269 g/mol. The first-order valence-electron chi connectivity index (χ1n) is 5.43. The van der Waals surface area contributed by atoms with Gasteiger partial charge in [-0.15, -0.1) is 0 Å². The highest BCUT2D eigenvalue weighted by Crippen LogP contribution is 2.09. The number of carboxylic acid groups (broad SMARTS) is 1. The van der Waals surface area contributed by atoms with Gasteiger partial charge in [0.1, 0.15) is 5.25 Å². The third-order valence-electron chi connectivity index (χ3n) is 2.41. The number of amides is 1. The van der Waals surface area contributed by atoms with Crippen molar-refractivity contribution in [2.24, 2.45) is 5.73 Å². The van der Waals surface area contributed by atoms with E-state index in [2.05, 4.69) is 0 Å². The molecule has 0 aliphatic rings. The van der Waals surface area contributed by atoms with Crippen molar-refractivity contribution in [3.05, 3.63) is 35.9 Å². The molecule has 5 nitrogen and oxygen atoms in total. The number of benzene rings is 1. The Kier molecular flexibility index (Phi) is 5.51. The van der Waals surface area contributed by atoms with E-state index in [1.54, 1.807) is 24.3 Å². The molecule has 0 aliphatic carbocycles. The summed E-state index contributed by atoms with van der Waals surface area (Å²) in [5.74, 6) is -1.71. The number of carbonyl (C=O) groups excluding carboxylic acids is 1. The molecule has 0 fully saturated rings. The van der Waals surface area contributed by atoms with Crippen molar-refractivity contribution in [2.75, 3.05) is 5.75 Å². The Morgan fingerprint density at radius 1 is 1.28 bits per heavy atom. The lowest BCUT2D eigenvalue weighted by atomic mass is 10.1. The zero-order valence-corrected chi connectivity index (χ0v) is 10.6. The van der Waals surface area contributed by atoms with Gasteiger partial charge in [0, 0.05) is 23.0 Å². The van der Waals surface area contributed by atoms with E-state index < -0.39 is 27.9 Å². The lowest BCUT2D eigenvalue weighted by molar-refractivity contribution is -0.136. The lowest BCUT2D eigenvalue weighted by Crippen LogP contribution is -2.30. The molecule has 0 aliphatic heterocycles. The first kappa shape index (κ1) is 14.4. The van der Waals surface area contributed by atoms with E-state index in [1.807, 2.05) is 6.07 Å². The molecular weight excluding hydrogens is 254 g/mol. The maximum atomic E-state index is 11.8. The molecule has 2 atom stereocenters. The highest BCUT2D eigenvalue weighted by Gasteiger charge is 2.25. The molecule has 1 amide bonds. The van der Waals surface area contributed by atoms with Gasteiger partial charge >= 0.3 is 5.97 Å². The Morgan fingerprint density at radius 2 is 1.89 bits per heavy atom. The van der Waals surface area contributed by atoms with Gasteiger partial charge in [-0.3, -0.25) is 13.8 Å². The van der Waals surface area contributed by atoms with Crippen LogP contribution in [0, 0.1) is 0 Å². The van der Waals surface area contributed by atoms with Crippen molar-refractivity contribution in [3.63, 3.8) is 0 Å². The fourth-order valence-corrected chi connectivity index (χ4v) is 2.75.